The van der Waals surface area contributed by atoms with Crippen molar-refractivity contribution in [1.29, 1.82) is 5.41 Å². The minimum atomic E-state index is -0.902. The summed E-state index contributed by atoms with van der Waals surface area (Å²) in [5, 5.41) is 15.6. The highest BCUT2D eigenvalue weighted by Crippen LogP contribution is 2.13. The lowest BCUT2D eigenvalue weighted by Crippen LogP contribution is -2.19. The molecule has 4 nitrogen and oxygen atoms in total. The predicted octanol–water partition coefficient (Wildman–Crippen LogP) is 1.08. The molecule has 0 aromatic heterocycles. The summed E-state index contributed by atoms with van der Waals surface area (Å²) in [4.78, 5) is 10.9. The van der Waals surface area contributed by atoms with Gasteiger partial charge in [0.1, 0.15) is 6.40 Å². The Labute approximate surface area is 88.7 Å². The van der Waals surface area contributed by atoms with E-state index >= 15 is 0 Å². The maximum Gasteiger partial charge on any atom is 0.355 e. The van der Waals surface area contributed by atoms with Crippen LogP contribution in [0.5, 0.6) is 0 Å². The van der Waals surface area contributed by atoms with Crippen molar-refractivity contribution in [3.05, 3.63) is 35.9 Å². The van der Waals surface area contributed by atoms with Crippen molar-refractivity contribution in [2.24, 2.45) is 0 Å². The van der Waals surface area contributed by atoms with Crippen LogP contribution in [0.2, 0.25) is 5.82 Å². The molecule has 0 bridgehead atoms. The van der Waals surface area contributed by atoms with E-state index in [1.54, 1.807) is 0 Å². The van der Waals surface area contributed by atoms with Gasteiger partial charge in [0.25, 0.3) is 0 Å². The third-order valence-electron chi connectivity index (χ3n) is 2.05. The molecule has 0 spiro atoms. The van der Waals surface area contributed by atoms with Gasteiger partial charge in [0, 0.05) is 0 Å². The Morgan fingerprint density at radius 1 is 1.53 bits per heavy atom. The van der Waals surface area contributed by atoms with E-state index in [2.05, 4.69) is 4.65 Å². The van der Waals surface area contributed by atoms with Crippen LogP contribution in [0.3, 0.4) is 0 Å². The summed E-state index contributed by atoms with van der Waals surface area (Å²) in [5.41, 5.74) is 0.957. The fourth-order valence-electron chi connectivity index (χ4n) is 1.28. The van der Waals surface area contributed by atoms with Gasteiger partial charge in [-0.05, 0) is 12.0 Å². The molecule has 0 heterocycles. The van der Waals surface area contributed by atoms with Gasteiger partial charge in [0.05, 0.1) is 5.82 Å². The molecular weight excluding hydrogens is 193 g/mol. The Balaban J connectivity index is 2.58. The first-order valence-corrected chi connectivity index (χ1v) is 4.61. The average Bonchev–Trinajstić information content (AvgIpc) is 2.25. The Bertz CT molecular complexity index is 329. The molecule has 1 rings (SSSR count). The van der Waals surface area contributed by atoms with Gasteiger partial charge in [0.15, 0.2) is 0 Å². The summed E-state index contributed by atoms with van der Waals surface area (Å²) in [6.07, 6.45) is 1.19. The minimum absolute atomic E-state index is 0.0354. The van der Waals surface area contributed by atoms with E-state index in [0.29, 0.717) is 6.42 Å². The molecule has 0 saturated carbocycles. The quantitative estimate of drug-likeness (QED) is 0.414. The predicted molar refractivity (Wildman–Crippen MR) is 58.5 cm³/mol. The second-order valence-electron chi connectivity index (χ2n) is 3.18. The zero-order chi connectivity index (χ0) is 11.1. The molecule has 1 atom stereocenters. The molecule has 78 valence electrons. The minimum Gasteiger partial charge on any atom is -0.556 e. The van der Waals surface area contributed by atoms with Crippen LogP contribution in [0.15, 0.2) is 30.3 Å². The fraction of sp³-hybridized carbons (Fsp3) is 0.200. The molecule has 1 aromatic carbocycles. The normalized spacial score (nSPS) is 11.5. The first kappa shape index (κ1) is 11.3. The first-order valence-electron chi connectivity index (χ1n) is 4.61. The van der Waals surface area contributed by atoms with Crippen molar-refractivity contribution in [3.63, 3.8) is 0 Å². The van der Waals surface area contributed by atoms with Crippen molar-refractivity contribution in [2.45, 2.75) is 12.2 Å². The summed E-state index contributed by atoms with van der Waals surface area (Å²) < 4.78 is 4.69. The van der Waals surface area contributed by atoms with Crippen molar-refractivity contribution < 1.29 is 14.6 Å². The van der Waals surface area contributed by atoms with Crippen molar-refractivity contribution >= 4 is 19.9 Å². The number of carboxylic acid groups (broad SMARTS) is 1. The Hall–Kier alpha value is -1.78. The Morgan fingerprint density at radius 3 is 2.73 bits per heavy atom. The highest BCUT2D eigenvalue weighted by Gasteiger charge is 2.20. The molecule has 0 fully saturated rings. The van der Waals surface area contributed by atoms with Gasteiger partial charge in [-0.3, -0.25) is 10.2 Å². The second kappa shape index (κ2) is 5.85. The van der Waals surface area contributed by atoms with Crippen LogP contribution < -0.4 is 0 Å². The second-order valence-corrected chi connectivity index (χ2v) is 3.18. The summed E-state index contributed by atoms with van der Waals surface area (Å²) in [7, 11) is 0.0354. The van der Waals surface area contributed by atoms with E-state index in [1.165, 1.54) is 0 Å². The van der Waals surface area contributed by atoms with Crippen LogP contribution in [0.25, 0.3) is 0 Å². The molecular formula is C10H12BNO3. The number of nitrogens with one attached hydrogen (secondary N) is 1. The van der Waals surface area contributed by atoms with Crippen LogP contribution in [-0.4, -0.2) is 25.0 Å². The lowest BCUT2D eigenvalue weighted by Gasteiger charge is -2.09. The third-order valence-corrected chi connectivity index (χ3v) is 2.05. The van der Waals surface area contributed by atoms with E-state index in [-0.39, 0.29) is 7.48 Å². The number of carbonyl (C=O) groups is 1. The number of aliphatic carboxylic acids is 1. The monoisotopic (exact) mass is 205 g/mol. The van der Waals surface area contributed by atoms with Gasteiger partial charge in [-0.25, -0.2) is 0 Å². The van der Waals surface area contributed by atoms with Gasteiger partial charge in [-0.1, -0.05) is 30.3 Å². The van der Waals surface area contributed by atoms with Gasteiger partial charge >= 0.3 is 13.5 Å². The van der Waals surface area contributed by atoms with E-state index < -0.39 is 11.8 Å². The van der Waals surface area contributed by atoms with Gasteiger partial charge in [0.2, 0.25) is 0 Å². The molecule has 2 N–H and O–H groups in total. The molecule has 0 aliphatic heterocycles. The van der Waals surface area contributed by atoms with Crippen molar-refractivity contribution in [1.82, 2.24) is 0 Å². The zero-order valence-corrected chi connectivity index (χ0v) is 8.22. The fourth-order valence-corrected chi connectivity index (χ4v) is 1.28. The molecule has 0 aliphatic rings. The van der Waals surface area contributed by atoms with Crippen LogP contribution in [0.4, 0.5) is 0 Å². The summed E-state index contributed by atoms with van der Waals surface area (Å²) in [6, 6.07) is 9.37. The zero-order valence-electron chi connectivity index (χ0n) is 8.22. The standard InChI is InChI=1S/C10H12BNO3/c12-7-15-11-9(10(13)14)6-8-4-2-1-3-5-8/h1-5,7,9,11-12H,6H2,(H,13,14)/t9-/m0/s1. The first-order chi connectivity index (χ1) is 7.24. The van der Waals surface area contributed by atoms with Gasteiger partial charge in [-0.15, -0.1) is 0 Å². The topological polar surface area (TPSA) is 70.4 Å². The maximum absolute atomic E-state index is 10.9. The third kappa shape index (κ3) is 3.85. The average molecular weight is 205 g/mol. The number of carboxylic acids is 1. The molecule has 0 unspecified atom stereocenters. The van der Waals surface area contributed by atoms with Crippen LogP contribution in [-0.2, 0) is 15.9 Å². The van der Waals surface area contributed by atoms with Gasteiger partial charge < -0.3 is 9.76 Å². The van der Waals surface area contributed by atoms with Crippen LogP contribution in [0, 0.1) is 5.41 Å². The van der Waals surface area contributed by atoms with Gasteiger partial charge in [-0.2, -0.15) is 0 Å². The SMILES string of the molecule is N=COB[C@@H](Cc1ccccc1)C(=O)O. The molecule has 5 heteroatoms. The Kier molecular flexibility index (Phi) is 4.41. The maximum atomic E-state index is 10.9. The van der Waals surface area contributed by atoms with E-state index in [1.807, 2.05) is 30.3 Å². The highest BCUT2D eigenvalue weighted by atomic mass is 16.4. The van der Waals surface area contributed by atoms with E-state index in [9.17, 15) is 4.79 Å². The number of hydrogen-bond donors (Lipinski definition) is 2. The lowest BCUT2D eigenvalue weighted by atomic mass is 9.76. The van der Waals surface area contributed by atoms with Crippen LogP contribution >= 0.6 is 0 Å². The van der Waals surface area contributed by atoms with Crippen molar-refractivity contribution in [2.75, 3.05) is 0 Å². The van der Waals surface area contributed by atoms with E-state index in [0.717, 1.165) is 12.0 Å². The lowest BCUT2D eigenvalue weighted by molar-refractivity contribution is -0.137. The molecule has 0 aliphatic carbocycles. The molecule has 0 radical (unpaired) electrons. The van der Waals surface area contributed by atoms with Crippen molar-refractivity contribution in [3.8, 4) is 0 Å². The number of rotatable bonds is 6. The summed E-state index contributed by atoms with van der Waals surface area (Å²) >= 11 is 0. The van der Waals surface area contributed by atoms with E-state index in [4.69, 9.17) is 10.5 Å². The van der Waals surface area contributed by atoms with Crippen LogP contribution in [0.1, 0.15) is 5.56 Å². The Morgan fingerprint density at radius 2 is 2.20 bits per heavy atom. The smallest absolute Gasteiger partial charge is 0.355 e. The molecule has 0 saturated heterocycles. The number of benzene rings is 1. The summed E-state index contributed by atoms with van der Waals surface area (Å²) in [5.74, 6) is -1.50. The summed E-state index contributed by atoms with van der Waals surface area (Å²) in [6.45, 7) is 0. The molecule has 1 aromatic rings. The highest BCUT2D eigenvalue weighted by molar-refractivity contribution is 6.38. The number of hydrogen-bond acceptors (Lipinski definition) is 3. The molecule has 15 heavy (non-hydrogen) atoms. The molecule has 0 amide bonds. The largest absolute Gasteiger partial charge is 0.556 e.